The molecule has 35 heavy (non-hydrogen) atoms. The summed E-state index contributed by atoms with van der Waals surface area (Å²) < 4.78 is 3.78. The van der Waals surface area contributed by atoms with E-state index in [0.717, 1.165) is 32.9 Å². The monoisotopic (exact) mass is 486 g/mol. The summed E-state index contributed by atoms with van der Waals surface area (Å²) in [5.41, 5.74) is 4.21. The van der Waals surface area contributed by atoms with E-state index >= 15 is 0 Å². The standard InChI is InChI=1S/C27H23ClN4O3/c1-16(18-6-8-19(9-7-18)27(34)35)29-26(33)23-13-20-15-31(2)30-24(20)22-10-11-32(25(22)23)14-17-4-3-5-21(28)12-17/h3-13,15-16H,14H2,1-2H3,(H,29,33)(H,34,35)/t16-/m0/s1. The number of nitrogens with zero attached hydrogens (tertiary/aromatic N) is 3. The van der Waals surface area contributed by atoms with Crippen LogP contribution in [-0.4, -0.2) is 31.3 Å². The molecule has 176 valence electrons. The minimum Gasteiger partial charge on any atom is -0.478 e. The molecule has 0 spiro atoms. The molecule has 0 aliphatic carbocycles. The first-order valence-electron chi connectivity index (χ1n) is 11.1. The number of nitrogens with one attached hydrogen (secondary N) is 1. The van der Waals surface area contributed by atoms with E-state index in [9.17, 15) is 9.59 Å². The van der Waals surface area contributed by atoms with Crippen LogP contribution in [-0.2, 0) is 13.6 Å². The van der Waals surface area contributed by atoms with Crippen LogP contribution in [0.25, 0.3) is 21.8 Å². The molecular formula is C27H23ClN4O3. The van der Waals surface area contributed by atoms with Crippen molar-refractivity contribution >= 4 is 45.3 Å². The molecule has 0 fully saturated rings. The van der Waals surface area contributed by atoms with Crippen LogP contribution >= 0.6 is 11.6 Å². The molecule has 0 unspecified atom stereocenters. The lowest BCUT2D eigenvalue weighted by molar-refractivity contribution is 0.0696. The number of amides is 1. The fraction of sp³-hybridized carbons (Fsp3) is 0.148. The van der Waals surface area contributed by atoms with E-state index in [0.29, 0.717) is 17.1 Å². The van der Waals surface area contributed by atoms with Crippen LogP contribution in [0.1, 0.15) is 44.8 Å². The molecule has 1 amide bonds. The van der Waals surface area contributed by atoms with E-state index < -0.39 is 5.97 Å². The number of carbonyl (C=O) groups excluding carboxylic acids is 1. The van der Waals surface area contributed by atoms with Gasteiger partial charge in [-0.1, -0.05) is 35.9 Å². The molecular weight excluding hydrogens is 464 g/mol. The van der Waals surface area contributed by atoms with Gasteiger partial charge < -0.3 is 15.0 Å². The number of fused-ring (bicyclic) bond motifs is 3. The number of aryl methyl sites for hydroxylation is 1. The summed E-state index contributed by atoms with van der Waals surface area (Å²) in [6.45, 7) is 2.42. The number of carboxylic acid groups (broad SMARTS) is 1. The number of carboxylic acids is 1. The Bertz CT molecular complexity index is 1580. The first-order valence-corrected chi connectivity index (χ1v) is 11.5. The number of aromatic nitrogens is 3. The van der Waals surface area contributed by atoms with Crippen LogP contribution in [0, 0.1) is 0 Å². The van der Waals surface area contributed by atoms with E-state index in [1.54, 1.807) is 16.8 Å². The second-order valence-electron chi connectivity index (χ2n) is 8.62. The molecule has 2 N–H and O–H groups in total. The summed E-state index contributed by atoms with van der Waals surface area (Å²) >= 11 is 6.19. The molecule has 5 rings (SSSR count). The highest BCUT2D eigenvalue weighted by molar-refractivity contribution is 6.30. The third-order valence-corrected chi connectivity index (χ3v) is 6.36. The van der Waals surface area contributed by atoms with Crippen molar-refractivity contribution in [3.8, 4) is 0 Å². The zero-order chi connectivity index (χ0) is 24.7. The molecule has 8 heteroatoms. The normalized spacial score (nSPS) is 12.2. The van der Waals surface area contributed by atoms with Crippen LogP contribution < -0.4 is 5.32 Å². The summed E-state index contributed by atoms with van der Waals surface area (Å²) in [6, 6.07) is 17.7. The third kappa shape index (κ3) is 4.38. The highest BCUT2D eigenvalue weighted by Gasteiger charge is 2.20. The van der Waals surface area contributed by atoms with Crippen LogP contribution in [0.5, 0.6) is 0 Å². The lowest BCUT2D eigenvalue weighted by Gasteiger charge is -2.16. The summed E-state index contributed by atoms with van der Waals surface area (Å²) in [5, 5.41) is 19.2. The Morgan fingerprint density at radius 3 is 2.60 bits per heavy atom. The van der Waals surface area contributed by atoms with Gasteiger partial charge in [-0.15, -0.1) is 0 Å². The van der Waals surface area contributed by atoms with E-state index in [-0.39, 0.29) is 17.5 Å². The Labute approximate surface area is 206 Å². The van der Waals surface area contributed by atoms with Crippen LogP contribution in [0.3, 0.4) is 0 Å². The number of hydrogen-bond donors (Lipinski definition) is 2. The highest BCUT2D eigenvalue weighted by Crippen LogP contribution is 2.30. The largest absolute Gasteiger partial charge is 0.478 e. The quantitative estimate of drug-likeness (QED) is 0.335. The number of carbonyl (C=O) groups is 2. The van der Waals surface area contributed by atoms with Crippen molar-refractivity contribution in [2.45, 2.75) is 19.5 Å². The van der Waals surface area contributed by atoms with Gasteiger partial charge in [0.15, 0.2) is 0 Å². The first kappa shape index (κ1) is 22.7. The maximum atomic E-state index is 13.6. The third-order valence-electron chi connectivity index (χ3n) is 6.12. The van der Waals surface area contributed by atoms with Gasteiger partial charge in [-0.2, -0.15) is 5.10 Å². The van der Waals surface area contributed by atoms with E-state index in [1.807, 2.05) is 67.3 Å². The lowest BCUT2D eigenvalue weighted by atomic mass is 10.0. The SMILES string of the molecule is C[C@H](NC(=O)c1cc2cn(C)nc2c2ccn(Cc3cccc(Cl)c3)c12)c1ccc(C(=O)O)cc1. The maximum Gasteiger partial charge on any atom is 0.335 e. The van der Waals surface area contributed by atoms with E-state index in [2.05, 4.69) is 10.4 Å². The zero-order valence-electron chi connectivity index (χ0n) is 19.2. The number of benzene rings is 3. The predicted octanol–water partition coefficient (Wildman–Crippen LogP) is 5.42. The number of rotatable bonds is 6. The summed E-state index contributed by atoms with van der Waals surface area (Å²) in [4.78, 5) is 24.7. The van der Waals surface area contributed by atoms with Gasteiger partial charge in [0, 0.05) is 41.8 Å². The molecule has 3 aromatic carbocycles. The van der Waals surface area contributed by atoms with Crippen molar-refractivity contribution in [2.75, 3.05) is 0 Å². The van der Waals surface area contributed by atoms with Crippen molar-refractivity contribution in [1.29, 1.82) is 0 Å². The molecule has 0 aliphatic heterocycles. The summed E-state index contributed by atoms with van der Waals surface area (Å²) in [6.07, 6.45) is 3.86. The van der Waals surface area contributed by atoms with Crippen molar-refractivity contribution in [1.82, 2.24) is 19.7 Å². The average Bonchev–Trinajstić information content (AvgIpc) is 3.41. The van der Waals surface area contributed by atoms with Crippen molar-refractivity contribution in [2.24, 2.45) is 7.05 Å². The minimum absolute atomic E-state index is 0.204. The number of halogens is 1. The topological polar surface area (TPSA) is 89.2 Å². The Morgan fingerprint density at radius 2 is 1.89 bits per heavy atom. The van der Waals surface area contributed by atoms with Crippen LogP contribution in [0.4, 0.5) is 0 Å². The molecule has 0 radical (unpaired) electrons. The van der Waals surface area contributed by atoms with Gasteiger partial charge in [-0.3, -0.25) is 9.48 Å². The lowest BCUT2D eigenvalue weighted by Crippen LogP contribution is -2.27. The fourth-order valence-electron chi connectivity index (χ4n) is 4.42. The van der Waals surface area contributed by atoms with Crippen LogP contribution in [0.2, 0.25) is 5.02 Å². The molecule has 7 nitrogen and oxygen atoms in total. The Morgan fingerprint density at radius 1 is 1.11 bits per heavy atom. The van der Waals surface area contributed by atoms with Crippen LogP contribution in [0.15, 0.2) is 73.1 Å². The number of hydrogen-bond acceptors (Lipinski definition) is 3. The molecule has 0 saturated heterocycles. The number of aromatic carboxylic acids is 1. The molecule has 0 aliphatic rings. The summed E-state index contributed by atoms with van der Waals surface area (Å²) in [7, 11) is 1.86. The first-order chi connectivity index (χ1) is 16.8. The second-order valence-corrected chi connectivity index (χ2v) is 9.06. The van der Waals surface area contributed by atoms with E-state index in [4.69, 9.17) is 16.7 Å². The maximum absolute atomic E-state index is 13.6. The van der Waals surface area contributed by atoms with Crippen molar-refractivity contribution in [3.63, 3.8) is 0 Å². The van der Waals surface area contributed by atoms with Crippen molar-refractivity contribution < 1.29 is 14.7 Å². The Balaban J connectivity index is 1.54. The molecule has 1 atom stereocenters. The molecule has 2 heterocycles. The van der Waals surface area contributed by atoms with E-state index in [1.165, 1.54) is 12.1 Å². The summed E-state index contributed by atoms with van der Waals surface area (Å²) in [5.74, 6) is -1.21. The van der Waals surface area contributed by atoms with Crippen molar-refractivity contribution in [3.05, 3.63) is 100 Å². The van der Waals surface area contributed by atoms with Gasteiger partial charge >= 0.3 is 5.97 Å². The second kappa shape index (κ2) is 8.92. The highest BCUT2D eigenvalue weighted by atomic mass is 35.5. The Kier molecular flexibility index (Phi) is 5.78. The van der Waals surface area contributed by atoms with Gasteiger partial charge in [0.2, 0.25) is 0 Å². The molecule has 5 aromatic rings. The van der Waals surface area contributed by atoms with Gasteiger partial charge in [-0.05, 0) is 54.4 Å². The molecule has 2 aromatic heterocycles. The Hall–Kier alpha value is -4.10. The van der Waals surface area contributed by atoms with Gasteiger partial charge in [0.05, 0.1) is 22.7 Å². The zero-order valence-corrected chi connectivity index (χ0v) is 20.0. The van der Waals surface area contributed by atoms with Gasteiger partial charge in [-0.25, -0.2) is 4.79 Å². The fourth-order valence-corrected chi connectivity index (χ4v) is 4.63. The minimum atomic E-state index is -0.985. The molecule has 0 bridgehead atoms. The average molecular weight is 487 g/mol. The molecule has 0 saturated carbocycles. The smallest absolute Gasteiger partial charge is 0.335 e. The van der Waals surface area contributed by atoms with Gasteiger partial charge in [0.25, 0.3) is 5.91 Å². The van der Waals surface area contributed by atoms with Gasteiger partial charge in [0.1, 0.15) is 5.52 Å². The predicted molar refractivity (Wildman–Crippen MR) is 136 cm³/mol.